The van der Waals surface area contributed by atoms with E-state index in [0.717, 1.165) is 33.3 Å². The molecule has 3 rings (SSSR count). The van der Waals surface area contributed by atoms with Gasteiger partial charge in [-0.25, -0.2) is 4.79 Å². The maximum atomic E-state index is 11.4. The molecule has 2 aromatic carbocycles. The molecule has 3 nitrogen and oxygen atoms in total. The van der Waals surface area contributed by atoms with E-state index >= 15 is 0 Å². The van der Waals surface area contributed by atoms with Crippen molar-refractivity contribution in [2.45, 2.75) is 19.4 Å². The van der Waals surface area contributed by atoms with Gasteiger partial charge in [0, 0.05) is 10.9 Å². The summed E-state index contributed by atoms with van der Waals surface area (Å²) in [5.41, 5.74) is 3.06. The van der Waals surface area contributed by atoms with Crippen LogP contribution in [0.4, 0.5) is 0 Å². The van der Waals surface area contributed by atoms with Crippen LogP contribution in [-0.4, -0.2) is 17.2 Å². The molecule has 2 aromatic rings. The Morgan fingerprint density at radius 3 is 2.85 bits per heavy atom. The highest BCUT2D eigenvalue weighted by Crippen LogP contribution is 2.34. The maximum absolute atomic E-state index is 11.4. The third-order valence-corrected chi connectivity index (χ3v) is 3.91. The van der Waals surface area contributed by atoms with E-state index in [0.29, 0.717) is 5.56 Å². The molecule has 0 spiro atoms. The summed E-state index contributed by atoms with van der Waals surface area (Å²) in [4.78, 5) is 11.4. The van der Waals surface area contributed by atoms with E-state index in [2.05, 4.69) is 15.9 Å². The lowest BCUT2D eigenvalue weighted by Gasteiger charge is -2.08. The van der Waals surface area contributed by atoms with Crippen molar-refractivity contribution in [3.05, 3.63) is 52.0 Å². The minimum Gasteiger partial charge on any atom is -0.490 e. The van der Waals surface area contributed by atoms with Gasteiger partial charge in [0.25, 0.3) is 0 Å². The molecule has 102 valence electrons. The number of carboxylic acids is 1. The van der Waals surface area contributed by atoms with Crippen molar-refractivity contribution in [1.82, 2.24) is 0 Å². The lowest BCUT2D eigenvalue weighted by Crippen LogP contribution is -2.05. The molecule has 0 bridgehead atoms. The topological polar surface area (TPSA) is 46.5 Å². The molecule has 20 heavy (non-hydrogen) atoms. The first-order chi connectivity index (χ1) is 9.54. The average molecular weight is 333 g/mol. The first-order valence-electron chi connectivity index (χ1n) is 6.37. The minimum atomic E-state index is -0.925. The predicted molar refractivity (Wildman–Crippen MR) is 80.3 cm³/mol. The first-order valence-corrected chi connectivity index (χ1v) is 7.16. The molecule has 0 amide bonds. The summed E-state index contributed by atoms with van der Waals surface area (Å²) in [5.74, 6) is -0.0262. The van der Waals surface area contributed by atoms with Gasteiger partial charge in [0.15, 0.2) is 0 Å². The molecule has 0 aromatic heterocycles. The second-order valence-electron chi connectivity index (χ2n) is 4.95. The first kappa shape index (κ1) is 13.2. The Morgan fingerprint density at radius 2 is 2.10 bits per heavy atom. The van der Waals surface area contributed by atoms with Gasteiger partial charge in [0.1, 0.15) is 11.9 Å². The SMILES string of the molecule is CC1Cc2cc(-c3ccc(Br)cc3C(=O)O)ccc2O1. The Hall–Kier alpha value is -1.81. The molecule has 1 N–H and O–H groups in total. The molecule has 4 heteroatoms. The van der Waals surface area contributed by atoms with Crippen LogP contribution >= 0.6 is 15.9 Å². The van der Waals surface area contributed by atoms with Crippen molar-refractivity contribution in [2.75, 3.05) is 0 Å². The lowest BCUT2D eigenvalue weighted by molar-refractivity contribution is 0.0697. The Morgan fingerprint density at radius 1 is 1.30 bits per heavy atom. The molecule has 0 saturated carbocycles. The number of fused-ring (bicyclic) bond motifs is 1. The van der Waals surface area contributed by atoms with Crippen molar-refractivity contribution in [3.8, 4) is 16.9 Å². The van der Waals surface area contributed by atoms with Crippen molar-refractivity contribution in [2.24, 2.45) is 0 Å². The third-order valence-electron chi connectivity index (χ3n) is 3.42. The average Bonchev–Trinajstić information content (AvgIpc) is 2.77. The number of halogens is 1. The van der Waals surface area contributed by atoms with Gasteiger partial charge in [-0.1, -0.05) is 28.1 Å². The highest BCUT2D eigenvalue weighted by molar-refractivity contribution is 9.10. The van der Waals surface area contributed by atoms with Gasteiger partial charge in [0.2, 0.25) is 0 Å². The summed E-state index contributed by atoms with van der Waals surface area (Å²) in [6.07, 6.45) is 1.05. The van der Waals surface area contributed by atoms with Crippen LogP contribution in [-0.2, 0) is 6.42 Å². The van der Waals surface area contributed by atoms with Gasteiger partial charge >= 0.3 is 5.97 Å². The number of hydrogen-bond donors (Lipinski definition) is 1. The van der Waals surface area contributed by atoms with Crippen LogP contribution in [0.1, 0.15) is 22.8 Å². The Bertz CT molecular complexity index is 694. The van der Waals surface area contributed by atoms with E-state index in [1.165, 1.54) is 0 Å². The minimum absolute atomic E-state index is 0.184. The fraction of sp³-hybridized carbons (Fsp3) is 0.188. The van der Waals surface area contributed by atoms with E-state index in [1.807, 2.05) is 37.3 Å². The van der Waals surface area contributed by atoms with E-state index in [-0.39, 0.29) is 6.10 Å². The van der Waals surface area contributed by atoms with Gasteiger partial charge in [-0.15, -0.1) is 0 Å². The molecule has 0 aliphatic carbocycles. The zero-order valence-electron chi connectivity index (χ0n) is 10.9. The van der Waals surface area contributed by atoms with Crippen LogP contribution in [0.2, 0.25) is 0 Å². The van der Waals surface area contributed by atoms with Crippen molar-refractivity contribution >= 4 is 21.9 Å². The fourth-order valence-corrected chi connectivity index (χ4v) is 2.90. The van der Waals surface area contributed by atoms with Gasteiger partial charge in [0.05, 0.1) is 5.56 Å². The smallest absolute Gasteiger partial charge is 0.336 e. The number of aromatic carboxylic acids is 1. The molecule has 1 aliphatic rings. The van der Waals surface area contributed by atoms with Gasteiger partial charge in [-0.05, 0) is 47.9 Å². The zero-order chi connectivity index (χ0) is 14.3. The van der Waals surface area contributed by atoms with Crippen LogP contribution in [0.5, 0.6) is 5.75 Å². The molecule has 0 radical (unpaired) electrons. The van der Waals surface area contributed by atoms with Gasteiger partial charge in [-0.2, -0.15) is 0 Å². The summed E-state index contributed by atoms with van der Waals surface area (Å²) in [5, 5.41) is 9.34. The third kappa shape index (κ3) is 2.31. The molecular formula is C16H13BrO3. The van der Waals surface area contributed by atoms with Crippen LogP contribution in [0.15, 0.2) is 40.9 Å². The monoisotopic (exact) mass is 332 g/mol. The van der Waals surface area contributed by atoms with Gasteiger partial charge < -0.3 is 9.84 Å². The molecule has 1 heterocycles. The van der Waals surface area contributed by atoms with Crippen LogP contribution in [0, 0.1) is 0 Å². The van der Waals surface area contributed by atoms with E-state index in [4.69, 9.17) is 4.74 Å². The number of benzene rings is 2. The van der Waals surface area contributed by atoms with Crippen LogP contribution in [0.3, 0.4) is 0 Å². The molecular weight excluding hydrogens is 320 g/mol. The number of carboxylic acid groups (broad SMARTS) is 1. The quantitative estimate of drug-likeness (QED) is 0.899. The summed E-state index contributed by atoms with van der Waals surface area (Å²) in [6.45, 7) is 2.03. The summed E-state index contributed by atoms with van der Waals surface area (Å²) >= 11 is 3.31. The highest BCUT2D eigenvalue weighted by atomic mass is 79.9. The van der Waals surface area contributed by atoms with Gasteiger partial charge in [-0.3, -0.25) is 0 Å². The van der Waals surface area contributed by atoms with Crippen LogP contribution < -0.4 is 4.74 Å². The molecule has 1 atom stereocenters. The second kappa shape index (κ2) is 4.94. The Labute approximate surface area is 125 Å². The second-order valence-corrected chi connectivity index (χ2v) is 5.87. The number of hydrogen-bond acceptors (Lipinski definition) is 2. The Balaban J connectivity index is 2.11. The Kier molecular flexibility index (Phi) is 3.26. The number of ether oxygens (including phenoxy) is 1. The predicted octanol–water partition coefficient (Wildman–Crippen LogP) is 4.14. The van der Waals surface area contributed by atoms with E-state index in [9.17, 15) is 9.90 Å². The molecule has 0 saturated heterocycles. The number of carbonyl (C=O) groups is 1. The molecule has 1 unspecified atom stereocenters. The van der Waals surface area contributed by atoms with Crippen LogP contribution in [0.25, 0.3) is 11.1 Å². The van der Waals surface area contributed by atoms with Crippen molar-refractivity contribution in [3.63, 3.8) is 0 Å². The standard InChI is InChI=1S/C16H13BrO3/c1-9-6-11-7-10(2-5-15(11)20-9)13-4-3-12(17)8-14(13)16(18)19/h2-5,7-9H,6H2,1H3,(H,18,19). The normalized spacial score (nSPS) is 16.6. The summed E-state index contributed by atoms with van der Waals surface area (Å²) < 4.78 is 6.43. The van der Waals surface area contributed by atoms with Crippen molar-refractivity contribution < 1.29 is 14.6 Å². The lowest BCUT2D eigenvalue weighted by atomic mass is 9.97. The summed E-state index contributed by atoms with van der Waals surface area (Å²) in [6, 6.07) is 11.2. The number of rotatable bonds is 2. The highest BCUT2D eigenvalue weighted by Gasteiger charge is 2.20. The fourth-order valence-electron chi connectivity index (χ4n) is 2.53. The molecule has 1 aliphatic heterocycles. The maximum Gasteiger partial charge on any atom is 0.336 e. The summed E-state index contributed by atoms with van der Waals surface area (Å²) in [7, 11) is 0. The zero-order valence-corrected chi connectivity index (χ0v) is 12.5. The van der Waals surface area contributed by atoms with E-state index in [1.54, 1.807) is 6.07 Å². The van der Waals surface area contributed by atoms with E-state index < -0.39 is 5.97 Å². The van der Waals surface area contributed by atoms with Crippen molar-refractivity contribution in [1.29, 1.82) is 0 Å². The largest absolute Gasteiger partial charge is 0.490 e. The molecule has 0 fully saturated rings.